The molecule has 0 fully saturated rings. The fraction of sp³-hybridized carbons (Fsp3) is 0.111. The average molecular weight is 1100 g/mol. The van der Waals surface area contributed by atoms with Crippen molar-refractivity contribution in [2.75, 3.05) is 0 Å². The van der Waals surface area contributed by atoms with Crippen LogP contribution in [0.1, 0.15) is 22.3 Å². The first-order valence-corrected chi connectivity index (χ1v) is 26.0. The third-order valence-electron chi connectivity index (χ3n) is 7.74. The molecule has 384 valence electrons. The number of benzene rings is 2. The Morgan fingerprint density at radius 1 is 0.206 bits per heavy atom. The molecule has 2 aromatic carbocycles. The van der Waals surface area contributed by atoms with Gasteiger partial charge in [-0.2, -0.15) is 0 Å². The van der Waals surface area contributed by atoms with Gasteiger partial charge in [0.05, 0.1) is 0 Å². The van der Waals surface area contributed by atoms with E-state index in [4.69, 9.17) is 0 Å². The number of rotatable bonds is 0. The van der Waals surface area contributed by atoms with Crippen LogP contribution in [0.3, 0.4) is 0 Å². The molecule has 12 bridgehead atoms. The molecule has 0 aliphatic carbocycles. The number of aromatic nitrogens is 4. The first-order chi connectivity index (χ1) is 29.5. The van der Waals surface area contributed by atoms with Gasteiger partial charge in [0.15, 0.2) is 75.8 Å². The van der Waals surface area contributed by atoms with E-state index in [1.807, 2.05) is 0 Å². The predicted molar refractivity (Wildman–Crippen MR) is 208 cm³/mol. The molecule has 68 heavy (non-hydrogen) atoms. The van der Waals surface area contributed by atoms with Crippen LogP contribution in [0.2, 0.25) is 0 Å². The van der Waals surface area contributed by atoms with Crippen molar-refractivity contribution in [1.82, 2.24) is 0 Å². The van der Waals surface area contributed by atoms with E-state index in [0.717, 1.165) is 26.2 Å². The summed E-state index contributed by atoms with van der Waals surface area (Å²) in [6, 6.07) is 35.5. The maximum Gasteiger partial charge on any atom is 0.173 e. The smallest absolute Gasteiger partial charge is 0.173 e. The van der Waals surface area contributed by atoms with Crippen LogP contribution in [0.15, 0.2) is 147 Å². The molecule has 16 aliphatic heterocycles. The molecule has 4 nitrogen and oxygen atoms in total. The Labute approximate surface area is 367 Å². The van der Waals surface area contributed by atoms with E-state index >= 15 is 0 Å². The third-order valence-corrected chi connectivity index (χ3v) is 7.74. The number of nitrogens with zero attached hydrogens (tertiary/aromatic N) is 4. The van der Waals surface area contributed by atoms with Crippen LogP contribution in [0.25, 0.3) is 22.3 Å². The Morgan fingerprint density at radius 2 is 0.309 bits per heavy atom. The van der Waals surface area contributed by atoms with E-state index in [1.54, 1.807) is 0 Å². The Bertz CT molecular complexity index is 2240. The molecular weight excluding hydrogens is 1070 g/mol. The number of pyridine rings is 4. The van der Waals surface area contributed by atoms with E-state index in [1.165, 1.54) is 44.5 Å². The van der Waals surface area contributed by atoms with E-state index in [0.29, 0.717) is 0 Å². The van der Waals surface area contributed by atoms with Crippen molar-refractivity contribution in [3.05, 3.63) is 169 Å². The summed E-state index contributed by atoms with van der Waals surface area (Å²) < 4.78 is 246. The molecule has 0 amide bonds. The van der Waals surface area contributed by atoms with Crippen LogP contribution >= 0.6 is 31.2 Å². The second-order valence-electron chi connectivity index (χ2n) is 14.5. The molecule has 4 aromatic heterocycles. The van der Waals surface area contributed by atoms with E-state index in [2.05, 4.69) is 165 Å². The monoisotopic (exact) mass is 1100 g/mol. The zero-order valence-electron chi connectivity index (χ0n) is 33.3. The second-order valence-corrected chi connectivity index (χ2v) is 22.2. The van der Waals surface area contributed by atoms with Crippen molar-refractivity contribution >= 4 is 31.2 Å². The van der Waals surface area contributed by atoms with E-state index in [9.17, 15) is 101 Å². The fourth-order valence-corrected chi connectivity index (χ4v) is 5.36. The van der Waals surface area contributed by atoms with Crippen molar-refractivity contribution in [1.29, 1.82) is 0 Å². The van der Waals surface area contributed by atoms with E-state index in [-0.39, 0.29) is 0 Å². The Morgan fingerprint density at radius 3 is 0.412 bits per heavy atom. The number of halogens is 24. The van der Waals surface area contributed by atoms with E-state index < -0.39 is 31.2 Å². The van der Waals surface area contributed by atoms with Gasteiger partial charge in [-0.1, -0.05) is 48.5 Å². The van der Waals surface area contributed by atoms with Gasteiger partial charge in [-0.15, -0.1) is 0 Å². The SMILES string of the molecule is F[P-](F)(F)(F)(F)F.F[P-](F)(F)(F)(F)F.F[P-](F)(F)(F)(F)F.F[P-](F)(F)(F)(F)F.c1cc2ccc1C[n+]1ccc(cc1)-c1cc[n+](cc1)Cc1ccc(cc1)C[n+]1ccc(cc1)-c1cc[n+](cc1)C2. The minimum atomic E-state index is -10.7. The topological polar surface area (TPSA) is 15.5 Å². The summed E-state index contributed by atoms with van der Waals surface area (Å²) in [6.07, 6.45) is 17.4. The van der Waals surface area contributed by atoms with Gasteiger partial charge >= 0.3 is 132 Å². The van der Waals surface area contributed by atoms with Crippen LogP contribution in [-0.4, -0.2) is 0 Å². The second kappa shape index (κ2) is 16.3. The van der Waals surface area contributed by atoms with Crippen molar-refractivity contribution < 1.29 is 119 Å². The molecule has 0 unspecified atom stereocenters. The van der Waals surface area contributed by atoms with Gasteiger partial charge in [0.2, 0.25) is 0 Å². The summed E-state index contributed by atoms with van der Waals surface area (Å²) in [5.74, 6) is 0. The molecule has 20 heterocycles. The molecule has 0 N–H and O–H groups in total. The van der Waals surface area contributed by atoms with Crippen LogP contribution < -0.4 is 18.3 Å². The summed E-state index contributed by atoms with van der Waals surface area (Å²) >= 11 is 0. The zero-order valence-corrected chi connectivity index (χ0v) is 36.9. The van der Waals surface area contributed by atoms with Gasteiger partial charge in [-0.25, -0.2) is 18.3 Å². The predicted octanol–water partition coefficient (Wildman–Crippen LogP) is 18.2. The molecular formula is C36H32F24N4P4. The molecule has 0 radical (unpaired) electrons. The Balaban J connectivity index is 0.000000356. The van der Waals surface area contributed by atoms with Crippen LogP contribution in [0.5, 0.6) is 0 Å². The molecule has 0 saturated carbocycles. The molecule has 0 atom stereocenters. The Hall–Kier alpha value is -4.92. The van der Waals surface area contributed by atoms with Gasteiger partial charge in [0.25, 0.3) is 0 Å². The van der Waals surface area contributed by atoms with Crippen molar-refractivity contribution in [2.24, 2.45) is 0 Å². The summed E-state index contributed by atoms with van der Waals surface area (Å²) in [4.78, 5) is 0. The first kappa shape index (κ1) is 57.4. The van der Waals surface area contributed by atoms with Gasteiger partial charge in [-0.05, 0) is 22.3 Å². The van der Waals surface area contributed by atoms with Gasteiger partial charge in [0.1, 0.15) is 0 Å². The minimum absolute atomic E-state index is 0.854. The first-order valence-electron chi connectivity index (χ1n) is 17.9. The standard InChI is InChI=1S/C36H32N4.4F6P/c1-2-30-4-3-29(1)25-37-17-9-33(10-18-37)35-13-21-39(22-14-35)27-31-5-7-32(8-6-31)28-40-23-15-36(16-24-40)34-11-19-38(26-30)20-12-34;4*1-7(2,3,4,5)6/h1-24H,25-28H2;;;;/q+4;4*-1. The Kier molecular flexibility index (Phi) is 13.8. The van der Waals surface area contributed by atoms with Crippen molar-refractivity contribution in [3.63, 3.8) is 0 Å². The minimum Gasteiger partial charge on any atom is -0.201 e. The maximum atomic E-state index is 9.87. The van der Waals surface area contributed by atoms with Crippen molar-refractivity contribution in [2.45, 2.75) is 26.2 Å². The molecule has 32 heteroatoms. The quantitative estimate of drug-likeness (QED) is 0.0817. The summed E-state index contributed by atoms with van der Waals surface area (Å²) in [6.45, 7) is 3.42. The fourth-order valence-electron chi connectivity index (χ4n) is 5.36. The maximum absolute atomic E-state index is 10.7. The normalized spacial score (nSPS) is 16.9. The van der Waals surface area contributed by atoms with Crippen molar-refractivity contribution in [3.8, 4) is 22.3 Å². The summed E-state index contributed by atoms with van der Waals surface area (Å²) in [5.41, 5.74) is 10.1. The number of hydrogen-bond acceptors (Lipinski definition) is 0. The van der Waals surface area contributed by atoms with Crippen LogP contribution in [0.4, 0.5) is 101 Å². The molecule has 0 saturated heterocycles. The largest absolute Gasteiger partial charge is 0.201 e. The van der Waals surface area contributed by atoms with Gasteiger partial charge in [-0.3, -0.25) is 0 Å². The van der Waals surface area contributed by atoms with Crippen LogP contribution in [0, 0.1) is 0 Å². The zero-order chi connectivity index (χ0) is 52.4. The van der Waals surface area contributed by atoms with Gasteiger partial charge < -0.3 is 0 Å². The summed E-state index contributed by atoms with van der Waals surface area (Å²) in [7, 11) is -42.6. The summed E-state index contributed by atoms with van der Waals surface area (Å²) in [5, 5.41) is 0. The number of hydrogen-bond donors (Lipinski definition) is 0. The molecule has 22 rings (SSSR count). The third kappa shape index (κ3) is 35.3. The van der Waals surface area contributed by atoms with Crippen LogP contribution in [-0.2, 0) is 26.2 Å². The molecule has 0 spiro atoms. The molecule has 16 aliphatic rings. The van der Waals surface area contributed by atoms with Gasteiger partial charge in [0, 0.05) is 70.8 Å². The molecule has 6 aromatic rings. The average Bonchev–Trinajstić information content (AvgIpc) is 3.09.